The maximum Gasteiger partial charge on any atom is 0.272 e. The highest BCUT2D eigenvalue weighted by molar-refractivity contribution is 6.29. The van der Waals surface area contributed by atoms with Crippen LogP contribution in [-0.2, 0) is 0 Å². The van der Waals surface area contributed by atoms with Gasteiger partial charge in [0.1, 0.15) is 5.15 Å². The molecule has 21 heavy (non-hydrogen) atoms. The first-order valence-electron chi connectivity index (χ1n) is 6.07. The van der Waals surface area contributed by atoms with E-state index in [1.807, 2.05) is 0 Å². The summed E-state index contributed by atoms with van der Waals surface area (Å²) in [7, 11) is 0. The van der Waals surface area contributed by atoms with E-state index in [1.165, 1.54) is 24.4 Å². The standard InChI is InChI=1S/C14H12ClN3O3/c1-8-6-12(18(20)21)9(2)5-11(8)17-14(19)10-3-4-16-13(15)7-10/h3-7H,1-2H3,(H,17,19). The third kappa shape index (κ3) is 3.35. The fourth-order valence-electron chi connectivity index (χ4n) is 1.87. The number of benzene rings is 1. The zero-order valence-corrected chi connectivity index (χ0v) is 12.1. The van der Waals surface area contributed by atoms with Gasteiger partial charge in [-0.3, -0.25) is 14.9 Å². The van der Waals surface area contributed by atoms with Crippen LogP contribution in [0.25, 0.3) is 0 Å². The second-order valence-corrected chi connectivity index (χ2v) is 4.92. The molecule has 0 bridgehead atoms. The summed E-state index contributed by atoms with van der Waals surface area (Å²) in [5.41, 5.74) is 2.01. The Kier molecular flexibility index (Phi) is 4.18. The lowest BCUT2D eigenvalue weighted by Gasteiger charge is -2.10. The molecule has 1 aromatic carbocycles. The predicted molar refractivity (Wildman–Crippen MR) is 79.8 cm³/mol. The molecule has 6 nitrogen and oxygen atoms in total. The number of carbonyl (C=O) groups is 1. The Morgan fingerprint density at radius 2 is 2.00 bits per heavy atom. The molecule has 0 atom stereocenters. The fourth-order valence-corrected chi connectivity index (χ4v) is 2.04. The highest BCUT2D eigenvalue weighted by Crippen LogP contribution is 2.26. The minimum absolute atomic E-state index is 0.0254. The molecule has 0 unspecified atom stereocenters. The van der Waals surface area contributed by atoms with Crippen LogP contribution < -0.4 is 5.32 Å². The lowest BCUT2D eigenvalue weighted by molar-refractivity contribution is -0.385. The Morgan fingerprint density at radius 3 is 2.62 bits per heavy atom. The molecular weight excluding hydrogens is 294 g/mol. The van der Waals surface area contributed by atoms with Gasteiger partial charge in [-0.1, -0.05) is 11.6 Å². The number of pyridine rings is 1. The highest BCUT2D eigenvalue weighted by Gasteiger charge is 2.15. The lowest BCUT2D eigenvalue weighted by atomic mass is 10.1. The first-order chi connectivity index (χ1) is 9.88. The van der Waals surface area contributed by atoms with Gasteiger partial charge in [-0.2, -0.15) is 0 Å². The molecule has 2 rings (SSSR count). The van der Waals surface area contributed by atoms with Gasteiger partial charge in [-0.25, -0.2) is 4.98 Å². The number of hydrogen-bond acceptors (Lipinski definition) is 4. The third-order valence-corrected chi connectivity index (χ3v) is 3.18. The molecule has 2 aromatic rings. The number of anilines is 1. The van der Waals surface area contributed by atoms with E-state index < -0.39 is 4.92 Å². The summed E-state index contributed by atoms with van der Waals surface area (Å²) >= 11 is 5.74. The average Bonchev–Trinajstić information content (AvgIpc) is 2.42. The van der Waals surface area contributed by atoms with E-state index in [9.17, 15) is 14.9 Å². The Labute approximate surface area is 125 Å². The van der Waals surface area contributed by atoms with Crippen LogP contribution >= 0.6 is 11.6 Å². The van der Waals surface area contributed by atoms with Crippen LogP contribution in [0.3, 0.4) is 0 Å². The number of nitrogens with one attached hydrogen (secondary N) is 1. The summed E-state index contributed by atoms with van der Waals surface area (Å²) in [6.45, 7) is 3.32. The van der Waals surface area contributed by atoms with Crippen LogP contribution in [0.5, 0.6) is 0 Å². The SMILES string of the molecule is Cc1cc([N+](=O)[O-])c(C)cc1NC(=O)c1ccnc(Cl)c1. The van der Waals surface area contributed by atoms with E-state index in [0.29, 0.717) is 22.4 Å². The predicted octanol–water partition coefficient (Wildman–Crippen LogP) is 3.51. The number of nitro groups is 1. The number of aryl methyl sites for hydroxylation is 2. The topological polar surface area (TPSA) is 85.1 Å². The van der Waals surface area contributed by atoms with Crippen LogP contribution in [0, 0.1) is 24.0 Å². The summed E-state index contributed by atoms with van der Waals surface area (Å²) in [5, 5.41) is 13.8. The molecular formula is C14H12ClN3O3. The largest absolute Gasteiger partial charge is 0.322 e. The molecule has 0 spiro atoms. The van der Waals surface area contributed by atoms with Crippen molar-refractivity contribution in [2.24, 2.45) is 0 Å². The molecule has 0 aliphatic carbocycles. The number of aromatic nitrogens is 1. The normalized spacial score (nSPS) is 10.2. The second kappa shape index (κ2) is 5.88. The molecule has 1 amide bonds. The first-order valence-corrected chi connectivity index (χ1v) is 6.45. The van der Waals surface area contributed by atoms with E-state index in [0.717, 1.165) is 0 Å². The second-order valence-electron chi connectivity index (χ2n) is 4.53. The van der Waals surface area contributed by atoms with E-state index in [1.54, 1.807) is 19.9 Å². The van der Waals surface area contributed by atoms with Gasteiger partial charge in [0, 0.05) is 29.1 Å². The summed E-state index contributed by atoms with van der Waals surface area (Å²) in [6.07, 6.45) is 1.44. The molecule has 0 saturated heterocycles. The highest BCUT2D eigenvalue weighted by atomic mass is 35.5. The zero-order chi connectivity index (χ0) is 15.6. The van der Waals surface area contributed by atoms with Gasteiger partial charge >= 0.3 is 0 Å². The first kappa shape index (κ1) is 14.9. The van der Waals surface area contributed by atoms with Crippen molar-refractivity contribution in [2.75, 3.05) is 5.32 Å². The smallest absolute Gasteiger partial charge is 0.272 e. The fraction of sp³-hybridized carbons (Fsp3) is 0.143. The van der Waals surface area contributed by atoms with Crippen molar-refractivity contribution in [3.05, 3.63) is 62.4 Å². The summed E-state index contributed by atoms with van der Waals surface area (Å²) in [6, 6.07) is 6.00. The van der Waals surface area contributed by atoms with Crippen LogP contribution in [0.4, 0.5) is 11.4 Å². The number of nitro benzene ring substituents is 1. The maximum atomic E-state index is 12.1. The summed E-state index contributed by atoms with van der Waals surface area (Å²) in [5.74, 6) is -0.351. The van der Waals surface area contributed by atoms with Crippen molar-refractivity contribution in [1.29, 1.82) is 0 Å². The minimum atomic E-state index is -0.448. The number of amides is 1. The minimum Gasteiger partial charge on any atom is -0.322 e. The van der Waals surface area contributed by atoms with E-state index >= 15 is 0 Å². The number of nitrogens with zero attached hydrogens (tertiary/aromatic N) is 2. The lowest BCUT2D eigenvalue weighted by Crippen LogP contribution is -2.13. The van der Waals surface area contributed by atoms with Crippen molar-refractivity contribution in [3.63, 3.8) is 0 Å². The van der Waals surface area contributed by atoms with Gasteiger partial charge in [-0.15, -0.1) is 0 Å². The molecule has 0 aliphatic rings. The molecule has 0 fully saturated rings. The van der Waals surface area contributed by atoms with Crippen LogP contribution in [0.2, 0.25) is 5.15 Å². The zero-order valence-electron chi connectivity index (χ0n) is 11.4. The quantitative estimate of drug-likeness (QED) is 0.534. The Bertz CT molecular complexity index is 731. The summed E-state index contributed by atoms with van der Waals surface area (Å²) in [4.78, 5) is 26.3. The molecule has 1 heterocycles. The van der Waals surface area contributed by atoms with Gasteiger partial charge in [0.05, 0.1) is 4.92 Å². The Morgan fingerprint density at radius 1 is 1.29 bits per heavy atom. The van der Waals surface area contributed by atoms with Crippen molar-refractivity contribution in [3.8, 4) is 0 Å². The van der Waals surface area contributed by atoms with Gasteiger partial charge in [0.2, 0.25) is 0 Å². The number of halogens is 1. The van der Waals surface area contributed by atoms with Crippen LogP contribution in [0.1, 0.15) is 21.5 Å². The van der Waals surface area contributed by atoms with Crippen molar-refractivity contribution >= 4 is 28.9 Å². The van der Waals surface area contributed by atoms with E-state index in [2.05, 4.69) is 10.3 Å². The van der Waals surface area contributed by atoms with Gasteiger partial charge in [0.25, 0.3) is 11.6 Å². The number of rotatable bonds is 3. The van der Waals surface area contributed by atoms with Crippen LogP contribution in [0.15, 0.2) is 30.5 Å². The van der Waals surface area contributed by atoms with Gasteiger partial charge in [0.15, 0.2) is 0 Å². The monoisotopic (exact) mass is 305 g/mol. The third-order valence-electron chi connectivity index (χ3n) is 2.98. The van der Waals surface area contributed by atoms with Crippen molar-refractivity contribution in [2.45, 2.75) is 13.8 Å². The van der Waals surface area contributed by atoms with Crippen LogP contribution in [-0.4, -0.2) is 15.8 Å². The van der Waals surface area contributed by atoms with Crippen molar-refractivity contribution in [1.82, 2.24) is 4.98 Å². The van der Waals surface area contributed by atoms with Crippen molar-refractivity contribution < 1.29 is 9.72 Å². The molecule has 0 radical (unpaired) electrons. The van der Waals surface area contributed by atoms with E-state index in [4.69, 9.17) is 11.6 Å². The van der Waals surface area contributed by atoms with E-state index in [-0.39, 0.29) is 16.7 Å². The molecule has 0 aliphatic heterocycles. The molecule has 7 heteroatoms. The maximum absolute atomic E-state index is 12.1. The molecule has 1 aromatic heterocycles. The molecule has 108 valence electrons. The Hall–Kier alpha value is -2.47. The molecule has 0 saturated carbocycles. The number of hydrogen-bond donors (Lipinski definition) is 1. The Balaban J connectivity index is 2.30. The van der Waals surface area contributed by atoms with Gasteiger partial charge in [-0.05, 0) is 37.6 Å². The number of carbonyl (C=O) groups excluding carboxylic acids is 1. The average molecular weight is 306 g/mol. The summed E-state index contributed by atoms with van der Waals surface area (Å²) < 4.78 is 0. The molecule has 1 N–H and O–H groups in total. The van der Waals surface area contributed by atoms with Gasteiger partial charge < -0.3 is 5.32 Å².